The predicted octanol–water partition coefficient (Wildman–Crippen LogP) is 5.80. The number of benzene rings is 2. The number of unbranched alkanes of at least 4 members (excludes halogenated alkanes) is 1. The first kappa shape index (κ1) is 21.2. The van der Waals surface area contributed by atoms with Gasteiger partial charge < -0.3 is 14.6 Å². The smallest absolute Gasteiger partial charge is 0.313 e. The highest BCUT2D eigenvalue weighted by molar-refractivity contribution is 8.09. The molecule has 1 aromatic heterocycles. The molecule has 0 atom stereocenters. The molecule has 152 valence electrons. The molecule has 3 aromatic rings. The molecule has 0 aliphatic heterocycles. The van der Waals surface area contributed by atoms with Gasteiger partial charge in [0.05, 0.1) is 29.7 Å². The number of thioether (sulfide) groups is 1. The van der Waals surface area contributed by atoms with E-state index in [4.69, 9.17) is 14.6 Å². The van der Waals surface area contributed by atoms with Crippen molar-refractivity contribution < 1.29 is 19.4 Å². The van der Waals surface area contributed by atoms with E-state index in [-0.39, 0.29) is 5.75 Å². The number of para-hydroxylation sites is 1. The van der Waals surface area contributed by atoms with E-state index in [9.17, 15) is 4.79 Å². The molecule has 0 fully saturated rings. The van der Waals surface area contributed by atoms with E-state index in [0.29, 0.717) is 18.1 Å². The van der Waals surface area contributed by atoms with Crippen LogP contribution in [-0.4, -0.2) is 35.5 Å². The number of methoxy groups -OCH3 is 1. The van der Waals surface area contributed by atoms with Crippen LogP contribution in [0.25, 0.3) is 21.2 Å². The van der Waals surface area contributed by atoms with Crippen molar-refractivity contribution in [1.82, 2.24) is 4.98 Å². The van der Waals surface area contributed by atoms with Crippen molar-refractivity contribution in [2.75, 3.05) is 19.5 Å². The topological polar surface area (TPSA) is 68.7 Å². The van der Waals surface area contributed by atoms with Crippen molar-refractivity contribution in [3.05, 3.63) is 53.0 Å². The van der Waals surface area contributed by atoms with E-state index in [1.807, 2.05) is 48.5 Å². The summed E-state index contributed by atoms with van der Waals surface area (Å²) in [7, 11) is 1.62. The average Bonchev–Trinajstić information content (AvgIpc) is 3.15. The lowest BCUT2D eigenvalue weighted by atomic mass is 10.2. The molecule has 0 unspecified atom stereocenters. The highest BCUT2D eigenvalue weighted by Gasteiger charge is 2.13. The predicted molar refractivity (Wildman–Crippen MR) is 121 cm³/mol. The minimum atomic E-state index is -0.861. The number of thiazole rings is 1. The maximum atomic E-state index is 11.1. The van der Waals surface area contributed by atoms with Crippen molar-refractivity contribution in [2.24, 2.45) is 0 Å². The number of carboxylic acid groups (broad SMARTS) is 1. The molecule has 0 saturated heterocycles. The molecule has 3 rings (SSSR count). The summed E-state index contributed by atoms with van der Waals surface area (Å²) >= 11 is 2.82. The van der Waals surface area contributed by atoms with Gasteiger partial charge in [-0.15, -0.1) is 23.1 Å². The van der Waals surface area contributed by atoms with Crippen LogP contribution in [0.1, 0.15) is 30.3 Å². The standard InChI is InChI=1S/C22H23NO4S2/c1-3-4-11-27-18-12-15(9-10-17(18)26-2)13-20(28-14-21(24)25)22-23-16-7-5-6-8-19(16)29-22/h5-10,12-13H,3-4,11,14H2,1-2H3,(H,24,25)/b20-13-. The van der Waals surface area contributed by atoms with Gasteiger partial charge in [-0.2, -0.15) is 0 Å². The molecule has 0 radical (unpaired) electrons. The Balaban J connectivity index is 1.96. The van der Waals surface area contributed by atoms with Gasteiger partial charge in [0, 0.05) is 4.91 Å². The zero-order valence-corrected chi connectivity index (χ0v) is 18.0. The molecule has 0 aliphatic carbocycles. The van der Waals surface area contributed by atoms with E-state index in [1.54, 1.807) is 18.4 Å². The second kappa shape index (κ2) is 10.3. The maximum absolute atomic E-state index is 11.1. The third-order valence-corrected chi connectivity index (χ3v) is 6.31. The van der Waals surface area contributed by atoms with Gasteiger partial charge in [0.2, 0.25) is 0 Å². The van der Waals surface area contributed by atoms with Crippen molar-refractivity contribution >= 4 is 50.3 Å². The molecule has 1 heterocycles. The number of aromatic nitrogens is 1. The Morgan fingerprint density at radius 3 is 2.79 bits per heavy atom. The number of nitrogens with zero attached hydrogens (tertiary/aromatic N) is 1. The quantitative estimate of drug-likeness (QED) is 0.411. The third-order valence-electron chi connectivity index (χ3n) is 4.10. The Bertz CT molecular complexity index is 980. The van der Waals surface area contributed by atoms with Crippen molar-refractivity contribution in [3.63, 3.8) is 0 Å². The highest BCUT2D eigenvalue weighted by Crippen LogP contribution is 2.36. The van der Waals surface area contributed by atoms with Gasteiger partial charge in [-0.25, -0.2) is 4.98 Å². The van der Waals surface area contributed by atoms with Crippen LogP contribution < -0.4 is 9.47 Å². The molecule has 0 saturated carbocycles. The summed E-state index contributed by atoms with van der Waals surface area (Å²) < 4.78 is 12.3. The zero-order chi connectivity index (χ0) is 20.6. The van der Waals surface area contributed by atoms with Crippen LogP contribution in [-0.2, 0) is 4.79 Å². The fourth-order valence-electron chi connectivity index (χ4n) is 2.66. The highest BCUT2D eigenvalue weighted by atomic mass is 32.2. The fourth-order valence-corrected chi connectivity index (χ4v) is 4.50. The van der Waals surface area contributed by atoms with Gasteiger partial charge in [0.15, 0.2) is 11.5 Å². The Kier molecular flexibility index (Phi) is 7.55. The molecule has 2 aromatic carbocycles. The zero-order valence-electron chi connectivity index (χ0n) is 16.4. The van der Waals surface area contributed by atoms with Gasteiger partial charge in [0.1, 0.15) is 5.01 Å². The van der Waals surface area contributed by atoms with Crippen LogP contribution in [0.5, 0.6) is 11.5 Å². The number of hydrogen-bond donors (Lipinski definition) is 1. The maximum Gasteiger partial charge on any atom is 0.313 e. The molecule has 0 spiro atoms. The summed E-state index contributed by atoms with van der Waals surface area (Å²) in [6, 6.07) is 13.6. The Labute approximate surface area is 178 Å². The summed E-state index contributed by atoms with van der Waals surface area (Å²) in [6.45, 7) is 2.74. The molecule has 1 N–H and O–H groups in total. The summed E-state index contributed by atoms with van der Waals surface area (Å²) in [6.07, 6.45) is 3.97. The molecule has 29 heavy (non-hydrogen) atoms. The number of rotatable bonds is 10. The molecule has 0 amide bonds. The Morgan fingerprint density at radius 1 is 1.24 bits per heavy atom. The van der Waals surface area contributed by atoms with Crippen LogP contribution in [0.3, 0.4) is 0 Å². The van der Waals surface area contributed by atoms with Crippen LogP contribution >= 0.6 is 23.1 Å². The summed E-state index contributed by atoms with van der Waals surface area (Å²) in [5.41, 5.74) is 1.82. The minimum absolute atomic E-state index is 0.0300. The van der Waals surface area contributed by atoms with Crippen molar-refractivity contribution in [3.8, 4) is 11.5 Å². The van der Waals surface area contributed by atoms with Gasteiger partial charge in [-0.1, -0.05) is 31.5 Å². The SMILES string of the molecule is CCCCOc1cc(/C=C(\SCC(=O)O)c2nc3ccccc3s2)ccc1OC. The van der Waals surface area contributed by atoms with E-state index in [2.05, 4.69) is 11.9 Å². The first-order chi connectivity index (χ1) is 14.1. The summed E-state index contributed by atoms with van der Waals surface area (Å²) in [5.74, 6) is 0.470. The van der Waals surface area contributed by atoms with Crippen LogP contribution in [0, 0.1) is 0 Å². The number of carboxylic acids is 1. The van der Waals surface area contributed by atoms with E-state index in [1.165, 1.54) is 11.8 Å². The van der Waals surface area contributed by atoms with Crippen molar-refractivity contribution in [1.29, 1.82) is 0 Å². The average molecular weight is 430 g/mol. The van der Waals surface area contributed by atoms with Gasteiger partial charge in [-0.05, 0) is 42.3 Å². The lowest BCUT2D eigenvalue weighted by molar-refractivity contribution is -0.133. The third kappa shape index (κ3) is 5.74. The number of aliphatic carboxylic acids is 1. The lowest BCUT2D eigenvalue weighted by Crippen LogP contribution is -1.99. The van der Waals surface area contributed by atoms with Crippen molar-refractivity contribution in [2.45, 2.75) is 19.8 Å². The van der Waals surface area contributed by atoms with Crippen LogP contribution in [0.2, 0.25) is 0 Å². The van der Waals surface area contributed by atoms with Gasteiger partial charge >= 0.3 is 5.97 Å². The molecule has 7 heteroatoms. The Hall–Kier alpha value is -2.51. The van der Waals surface area contributed by atoms with Crippen LogP contribution in [0.4, 0.5) is 0 Å². The number of hydrogen-bond acceptors (Lipinski definition) is 6. The number of fused-ring (bicyclic) bond motifs is 1. The Morgan fingerprint density at radius 2 is 2.07 bits per heavy atom. The largest absolute Gasteiger partial charge is 0.493 e. The summed E-state index contributed by atoms with van der Waals surface area (Å²) in [4.78, 5) is 16.6. The van der Waals surface area contributed by atoms with E-state index < -0.39 is 5.97 Å². The fraction of sp³-hybridized carbons (Fsp3) is 0.273. The first-order valence-electron chi connectivity index (χ1n) is 9.33. The summed E-state index contributed by atoms with van der Waals surface area (Å²) in [5, 5.41) is 9.95. The molecule has 0 bridgehead atoms. The second-order valence-corrected chi connectivity index (χ2v) is 8.34. The van der Waals surface area contributed by atoms with E-state index in [0.717, 1.165) is 38.5 Å². The molecular weight excluding hydrogens is 406 g/mol. The van der Waals surface area contributed by atoms with Gasteiger partial charge in [0.25, 0.3) is 0 Å². The lowest BCUT2D eigenvalue weighted by Gasteiger charge is -2.11. The first-order valence-corrected chi connectivity index (χ1v) is 11.1. The van der Waals surface area contributed by atoms with Crippen LogP contribution in [0.15, 0.2) is 42.5 Å². The number of ether oxygens (including phenoxy) is 2. The minimum Gasteiger partial charge on any atom is -0.493 e. The monoisotopic (exact) mass is 429 g/mol. The van der Waals surface area contributed by atoms with E-state index >= 15 is 0 Å². The molecule has 0 aliphatic rings. The number of carbonyl (C=O) groups is 1. The molecular formula is C22H23NO4S2. The second-order valence-electron chi connectivity index (χ2n) is 6.29. The normalized spacial score (nSPS) is 11.6. The molecule has 5 nitrogen and oxygen atoms in total. The van der Waals surface area contributed by atoms with Gasteiger partial charge in [-0.3, -0.25) is 4.79 Å².